The van der Waals surface area contributed by atoms with Gasteiger partial charge in [0, 0.05) is 43.8 Å². The van der Waals surface area contributed by atoms with Gasteiger partial charge in [-0.05, 0) is 48.9 Å². The molecule has 5 amide bonds. The Labute approximate surface area is 380 Å². The number of nitrogens with one attached hydrogen (secondary N) is 6. The Balaban J connectivity index is 0.00000157. The average Bonchev–Trinajstić information content (AvgIpc) is 3.31. The number of methoxy groups -OCH3 is 2. The molecule has 0 saturated carbocycles. The van der Waals surface area contributed by atoms with Crippen molar-refractivity contribution >= 4 is 52.0 Å². The third-order valence-corrected chi connectivity index (χ3v) is 8.55. The van der Waals surface area contributed by atoms with Gasteiger partial charge in [0.05, 0.1) is 19.8 Å². The maximum atomic E-state index is 13.8. The number of nitro groups is 1. The lowest BCUT2D eigenvalue weighted by Gasteiger charge is -2.25. The third-order valence-electron chi connectivity index (χ3n) is 8.55. The molecule has 18 heteroatoms. The Hall–Kier alpha value is -7.44. The second kappa shape index (κ2) is 33.2. The number of hydrogen-bond donors (Lipinski definition) is 7. The molecule has 0 spiro atoms. The van der Waals surface area contributed by atoms with Gasteiger partial charge >= 0.3 is 0 Å². The van der Waals surface area contributed by atoms with E-state index in [1.165, 1.54) is 6.92 Å². The van der Waals surface area contributed by atoms with Crippen LogP contribution in [0.5, 0.6) is 0 Å². The topological polar surface area (TPSA) is 258 Å². The molecule has 0 aliphatic carbocycles. The van der Waals surface area contributed by atoms with Gasteiger partial charge in [-0.1, -0.05) is 111 Å². The summed E-state index contributed by atoms with van der Waals surface area (Å²) in [6, 6.07) is 26.7. The number of benzene rings is 4. The summed E-state index contributed by atoms with van der Waals surface area (Å²) in [5.74, 6) is -3.45. The van der Waals surface area contributed by atoms with Gasteiger partial charge in [-0.2, -0.15) is 0 Å². The number of rotatable bonds is 21. The van der Waals surface area contributed by atoms with Gasteiger partial charge in [0.25, 0.3) is 11.9 Å². The minimum atomic E-state index is -1.20. The molecule has 1 unspecified atom stereocenters. The number of carbonyl (C=O) groups excluding carboxylic acids is 5. The van der Waals surface area contributed by atoms with E-state index < -0.39 is 65.2 Å². The molecular weight excluding hydrogens is 835 g/mol. The lowest BCUT2D eigenvalue weighted by atomic mass is 10.0. The van der Waals surface area contributed by atoms with Crippen molar-refractivity contribution in [1.82, 2.24) is 26.6 Å². The van der Waals surface area contributed by atoms with E-state index in [9.17, 15) is 34.1 Å². The van der Waals surface area contributed by atoms with E-state index in [0.29, 0.717) is 30.0 Å². The van der Waals surface area contributed by atoms with Crippen molar-refractivity contribution in [2.45, 2.75) is 58.2 Å². The van der Waals surface area contributed by atoms with Gasteiger partial charge < -0.3 is 47.1 Å². The van der Waals surface area contributed by atoms with Crippen LogP contribution in [0.15, 0.2) is 134 Å². The van der Waals surface area contributed by atoms with Crippen molar-refractivity contribution in [2.75, 3.05) is 45.8 Å². The SMILES string of the molecule is C=CCOC.C=CCOC.CC.C[C@H](NC(=O)c1ccccc1)C(=O)N[C@H](Cc1ccccc1)C(=O)NC(CCCN/C(N)=N\[N+](=O)[O-])C(=O)NCC(=O)Nc1cccc2ccccc12. The minimum absolute atomic E-state index is 0.0107. The number of anilines is 1. The molecule has 4 rings (SSSR count). The summed E-state index contributed by atoms with van der Waals surface area (Å²) in [6.45, 7) is 13.3. The van der Waals surface area contributed by atoms with Crippen molar-refractivity contribution in [3.05, 3.63) is 150 Å². The van der Waals surface area contributed by atoms with Crippen LogP contribution in [0.25, 0.3) is 10.8 Å². The Morgan fingerprint density at radius 3 is 1.91 bits per heavy atom. The van der Waals surface area contributed by atoms with Crippen molar-refractivity contribution in [3.63, 3.8) is 0 Å². The van der Waals surface area contributed by atoms with Crippen LogP contribution in [0.3, 0.4) is 0 Å². The van der Waals surface area contributed by atoms with Gasteiger partial charge in [0.1, 0.15) is 23.2 Å². The van der Waals surface area contributed by atoms with Crippen molar-refractivity contribution in [2.24, 2.45) is 10.8 Å². The Bertz CT molecular complexity index is 2100. The van der Waals surface area contributed by atoms with Crippen LogP contribution in [0, 0.1) is 10.1 Å². The number of ether oxygens (including phenoxy) is 2. The highest BCUT2D eigenvalue weighted by Gasteiger charge is 2.29. The molecule has 8 N–H and O–H groups in total. The van der Waals surface area contributed by atoms with Crippen LogP contribution >= 0.6 is 0 Å². The summed E-state index contributed by atoms with van der Waals surface area (Å²) < 4.78 is 9.15. The Morgan fingerprint density at radius 1 is 0.754 bits per heavy atom. The molecule has 0 radical (unpaired) electrons. The van der Waals surface area contributed by atoms with E-state index in [1.54, 1.807) is 99.2 Å². The van der Waals surface area contributed by atoms with Crippen LogP contribution in [0.4, 0.5) is 5.69 Å². The number of amides is 5. The highest BCUT2D eigenvalue weighted by atomic mass is 16.7. The van der Waals surface area contributed by atoms with E-state index >= 15 is 0 Å². The largest absolute Gasteiger partial charge is 0.381 e. The molecule has 0 heterocycles. The number of hydrogen-bond acceptors (Lipinski definition) is 9. The van der Waals surface area contributed by atoms with Gasteiger partial charge in [0.15, 0.2) is 5.03 Å². The van der Waals surface area contributed by atoms with Crippen LogP contribution < -0.4 is 37.6 Å². The molecule has 18 nitrogen and oxygen atoms in total. The fraction of sp³-hybridized carbons (Fsp3) is 0.319. The first-order valence-electron chi connectivity index (χ1n) is 20.8. The van der Waals surface area contributed by atoms with Crippen LogP contribution in [0.1, 0.15) is 49.5 Å². The normalized spacial score (nSPS) is 11.6. The van der Waals surface area contributed by atoms with Crippen molar-refractivity contribution in [3.8, 4) is 0 Å². The third kappa shape index (κ3) is 23.0. The van der Waals surface area contributed by atoms with E-state index in [4.69, 9.17) is 5.73 Å². The Morgan fingerprint density at radius 2 is 1.32 bits per heavy atom. The van der Waals surface area contributed by atoms with Gasteiger partial charge in [0.2, 0.25) is 23.6 Å². The van der Waals surface area contributed by atoms with Crippen LogP contribution in [0.2, 0.25) is 0 Å². The summed E-state index contributed by atoms with van der Waals surface area (Å²) in [5.41, 5.74) is 7.12. The van der Waals surface area contributed by atoms with Gasteiger partial charge in [-0.3, -0.25) is 24.0 Å². The molecule has 0 aliphatic rings. The first-order valence-corrected chi connectivity index (χ1v) is 20.8. The second-order valence-corrected chi connectivity index (χ2v) is 13.4. The maximum Gasteiger partial charge on any atom is 0.266 e. The first kappa shape index (κ1) is 55.6. The molecule has 4 aromatic rings. The molecule has 350 valence electrons. The number of nitrogens with two attached hydrogens (primary N) is 1. The smallest absolute Gasteiger partial charge is 0.266 e. The van der Waals surface area contributed by atoms with Gasteiger partial charge in [-0.15, -0.1) is 13.2 Å². The molecule has 65 heavy (non-hydrogen) atoms. The zero-order valence-electron chi connectivity index (χ0n) is 37.7. The molecule has 0 aromatic heterocycles. The fourth-order valence-electron chi connectivity index (χ4n) is 5.53. The molecule has 0 fully saturated rings. The predicted molar refractivity (Wildman–Crippen MR) is 254 cm³/mol. The van der Waals surface area contributed by atoms with E-state index in [-0.39, 0.29) is 25.8 Å². The monoisotopic (exact) mass is 897 g/mol. The van der Waals surface area contributed by atoms with E-state index in [1.807, 2.05) is 44.2 Å². The molecule has 3 atom stereocenters. The van der Waals surface area contributed by atoms with Crippen molar-refractivity contribution < 1.29 is 38.5 Å². The van der Waals surface area contributed by atoms with E-state index in [2.05, 4.69) is 59.6 Å². The quantitative estimate of drug-likeness (QED) is 0.0153. The summed E-state index contributed by atoms with van der Waals surface area (Å²) >= 11 is 0. The second-order valence-electron chi connectivity index (χ2n) is 13.4. The van der Waals surface area contributed by atoms with Gasteiger partial charge in [-0.25, -0.2) is 10.1 Å². The molecular formula is C47H63N9O9. The first-order chi connectivity index (χ1) is 31.3. The summed E-state index contributed by atoms with van der Waals surface area (Å²) in [5, 5.41) is 30.2. The average molecular weight is 898 g/mol. The number of guanidine groups is 1. The maximum absolute atomic E-state index is 13.8. The lowest BCUT2D eigenvalue weighted by Crippen LogP contribution is -2.57. The van der Waals surface area contributed by atoms with E-state index in [0.717, 1.165) is 10.8 Å². The highest BCUT2D eigenvalue weighted by Crippen LogP contribution is 2.22. The number of fused-ring (bicyclic) bond motifs is 1. The molecule has 0 bridgehead atoms. The zero-order valence-corrected chi connectivity index (χ0v) is 37.7. The van der Waals surface area contributed by atoms with Crippen LogP contribution in [-0.2, 0) is 35.1 Å². The summed E-state index contributed by atoms with van der Waals surface area (Å²) in [6.07, 6.45) is 3.67. The number of hydrazone groups is 1. The minimum Gasteiger partial charge on any atom is -0.381 e. The standard InChI is InChI=1S/C37H41N9O7.2C4H8O.C2H6/c1-24(41-34(49)27-15-6-3-7-16-27)33(48)44-31(22-25-12-4-2-5-13-25)36(51)43-30(20-11-21-39-37(38)45-46(52)53)35(50)40-23-32(47)42-29-19-10-17-26-14-8-9-18-28(26)29;2*1-3-4-5-2;1-2/h2-10,12-19,24,30-31H,11,20-23H2,1H3,(H,40,50)(H,41,49)(H,42,47)(H,43,51)(H,44,48)(H3,38,39,45);2*3H,1,4H2,2H3;1-2H3/t24-,30?,31+;;;/m0.../s1. The van der Waals surface area contributed by atoms with Crippen molar-refractivity contribution in [1.29, 1.82) is 0 Å². The number of nitrogens with zero attached hydrogens (tertiary/aromatic N) is 2. The summed E-state index contributed by atoms with van der Waals surface area (Å²) in [4.78, 5) is 76.8. The fourth-order valence-corrected chi connectivity index (χ4v) is 5.53. The molecule has 0 aliphatic heterocycles. The zero-order chi connectivity index (χ0) is 48.4. The number of carbonyl (C=O) groups is 5. The highest BCUT2D eigenvalue weighted by molar-refractivity contribution is 6.04. The lowest BCUT2D eigenvalue weighted by molar-refractivity contribution is -0.485. The Kier molecular flexibility index (Phi) is 28.4. The van der Waals surface area contributed by atoms with Crippen LogP contribution in [-0.4, -0.2) is 99.2 Å². The predicted octanol–water partition coefficient (Wildman–Crippen LogP) is 4.47. The summed E-state index contributed by atoms with van der Waals surface area (Å²) in [7, 11) is 3.28. The molecule has 0 saturated heterocycles. The molecule has 4 aromatic carbocycles.